The van der Waals surface area contributed by atoms with Crippen LogP contribution in [0.15, 0.2) is 53.0 Å². The minimum absolute atomic E-state index is 0.0222. The van der Waals surface area contributed by atoms with E-state index in [-0.39, 0.29) is 23.4 Å². The second-order valence-electron chi connectivity index (χ2n) is 4.34. The molecule has 0 aromatic heterocycles. The number of carbonyl (C=O) groups excluding carboxylic acids is 1. The van der Waals surface area contributed by atoms with Gasteiger partial charge in [-0.25, -0.2) is 4.39 Å². The van der Waals surface area contributed by atoms with E-state index >= 15 is 0 Å². The van der Waals surface area contributed by atoms with E-state index in [4.69, 9.17) is 12.2 Å². The van der Waals surface area contributed by atoms with Crippen molar-refractivity contribution in [2.45, 2.75) is 0 Å². The minimum Gasteiger partial charge on any atom is -0.353 e. The fraction of sp³-hybridized carbons (Fsp3) is 0.0667. The van der Waals surface area contributed by atoms with Gasteiger partial charge in [0.25, 0.3) is 0 Å². The molecule has 2 aromatic carbocycles. The van der Waals surface area contributed by atoms with Gasteiger partial charge in [0.2, 0.25) is 5.91 Å². The van der Waals surface area contributed by atoms with E-state index in [2.05, 4.69) is 31.9 Å². The fourth-order valence-corrected chi connectivity index (χ4v) is 2.20. The molecule has 0 fully saturated rings. The molecule has 0 bridgehead atoms. The van der Waals surface area contributed by atoms with Gasteiger partial charge in [-0.2, -0.15) is 0 Å². The van der Waals surface area contributed by atoms with E-state index in [1.165, 1.54) is 12.1 Å². The summed E-state index contributed by atoms with van der Waals surface area (Å²) >= 11 is 8.42. The first-order chi connectivity index (χ1) is 10.5. The average Bonchev–Trinajstić information content (AvgIpc) is 2.50. The lowest BCUT2D eigenvalue weighted by Gasteiger charge is -2.11. The number of hydrogen-bond acceptors (Lipinski definition) is 2. The third-order valence-electron chi connectivity index (χ3n) is 2.66. The van der Waals surface area contributed by atoms with Crippen molar-refractivity contribution in [1.82, 2.24) is 5.32 Å². The first-order valence-electron chi connectivity index (χ1n) is 6.39. The van der Waals surface area contributed by atoms with Gasteiger partial charge in [0, 0.05) is 10.2 Å². The molecule has 0 radical (unpaired) electrons. The molecule has 3 N–H and O–H groups in total. The Kier molecular flexibility index (Phi) is 5.85. The van der Waals surface area contributed by atoms with Crippen molar-refractivity contribution in [3.63, 3.8) is 0 Å². The number of anilines is 2. The van der Waals surface area contributed by atoms with Crippen LogP contribution in [0.5, 0.6) is 0 Å². The summed E-state index contributed by atoms with van der Waals surface area (Å²) in [7, 11) is 0. The monoisotopic (exact) mass is 381 g/mol. The van der Waals surface area contributed by atoms with Crippen LogP contribution in [0.25, 0.3) is 0 Å². The van der Waals surface area contributed by atoms with Gasteiger partial charge < -0.3 is 16.0 Å². The molecule has 0 heterocycles. The smallest absolute Gasteiger partial charge is 0.243 e. The number of thiocarbonyl (C=S) groups is 1. The molecular weight excluding hydrogens is 369 g/mol. The molecule has 0 saturated heterocycles. The summed E-state index contributed by atoms with van der Waals surface area (Å²) in [5.41, 5.74) is 1.33. The van der Waals surface area contributed by atoms with Gasteiger partial charge in [-0.3, -0.25) is 4.79 Å². The molecule has 2 rings (SSSR count). The quantitative estimate of drug-likeness (QED) is 0.709. The topological polar surface area (TPSA) is 53.2 Å². The molecule has 7 heteroatoms. The van der Waals surface area contributed by atoms with Crippen molar-refractivity contribution in [3.05, 3.63) is 58.8 Å². The van der Waals surface area contributed by atoms with E-state index in [1.807, 2.05) is 18.2 Å². The highest BCUT2D eigenvalue weighted by Crippen LogP contribution is 2.20. The van der Waals surface area contributed by atoms with Crippen LogP contribution in [0.3, 0.4) is 0 Å². The summed E-state index contributed by atoms with van der Waals surface area (Å²) in [5, 5.41) is 8.69. The van der Waals surface area contributed by atoms with Crippen molar-refractivity contribution in [1.29, 1.82) is 0 Å². The van der Waals surface area contributed by atoms with Gasteiger partial charge in [-0.15, -0.1) is 0 Å². The molecule has 0 aliphatic heterocycles. The Balaban J connectivity index is 1.79. The van der Waals surface area contributed by atoms with Crippen LogP contribution in [-0.4, -0.2) is 17.6 Å². The van der Waals surface area contributed by atoms with Crippen molar-refractivity contribution >= 4 is 50.5 Å². The maximum atomic E-state index is 12.8. The van der Waals surface area contributed by atoms with Crippen LogP contribution in [0.1, 0.15) is 0 Å². The maximum Gasteiger partial charge on any atom is 0.243 e. The summed E-state index contributed by atoms with van der Waals surface area (Å²) in [6, 6.07) is 13.1. The number of carbonyl (C=O) groups is 1. The van der Waals surface area contributed by atoms with Crippen LogP contribution in [0.2, 0.25) is 0 Å². The predicted octanol–water partition coefficient (Wildman–Crippen LogP) is 3.51. The number of halogens is 2. The Morgan fingerprint density at radius 1 is 1.09 bits per heavy atom. The largest absolute Gasteiger partial charge is 0.353 e. The Labute approximate surface area is 141 Å². The molecule has 4 nitrogen and oxygen atoms in total. The van der Waals surface area contributed by atoms with Crippen molar-refractivity contribution < 1.29 is 9.18 Å². The molecule has 0 spiro atoms. The number of rotatable bonds is 4. The molecule has 22 heavy (non-hydrogen) atoms. The molecule has 0 atom stereocenters. The lowest BCUT2D eigenvalue weighted by atomic mass is 10.3. The highest BCUT2D eigenvalue weighted by molar-refractivity contribution is 9.10. The average molecular weight is 382 g/mol. The second kappa shape index (κ2) is 7.86. The van der Waals surface area contributed by atoms with Gasteiger partial charge >= 0.3 is 0 Å². The Morgan fingerprint density at radius 3 is 2.45 bits per heavy atom. The summed E-state index contributed by atoms with van der Waals surface area (Å²) in [4.78, 5) is 11.8. The molecule has 114 valence electrons. The van der Waals surface area contributed by atoms with Crippen LogP contribution < -0.4 is 16.0 Å². The fourth-order valence-electron chi connectivity index (χ4n) is 1.63. The van der Waals surface area contributed by atoms with Gasteiger partial charge in [-0.1, -0.05) is 12.1 Å². The zero-order valence-electron chi connectivity index (χ0n) is 11.4. The Morgan fingerprint density at radius 2 is 1.77 bits per heavy atom. The van der Waals surface area contributed by atoms with Gasteiger partial charge in [0.15, 0.2) is 5.11 Å². The van der Waals surface area contributed by atoms with Gasteiger partial charge in [0.05, 0.1) is 12.2 Å². The van der Waals surface area contributed by atoms with E-state index < -0.39 is 0 Å². The van der Waals surface area contributed by atoms with Crippen LogP contribution in [0, 0.1) is 5.82 Å². The lowest BCUT2D eigenvalue weighted by molar-refractivity contribution is -0.115. The zero-order valence-corrected chi connectivity index (χ0v) is 13.8. The van der Waals surface area contributed by atoms with Crippen LogP contribution >= 0.6 is 28.1 Å². The van der Waals surface area contributed by atoms with E-state index in [0.717, 1.165) is 4.47 Å². The third-order valence-corrected chi connectivity index (χ3v) is 3.60. The number of para-hydroxylation sites is 1. The Hall–Kier alpha value is -1.99. The first kappa shape index (κ1) is 16.4. The number of benzene rings is 2. The summed E-state index contributed by atoms with van der Waals surface area (Å²) in [6.07, 6.45) is 0. The van der Waals surface area contributed by atoms with Crippen molar-refractivity contribution in [3.8, 4) is 0 Å². The van der Waals surface area contributed by atoms with Gasteiger partial charge in [0.1, 0.15) is 5.82 Å². The standard InChI is InChI=1S/C15H13BrFN3OS/c16-12-3-1-2-4-13(12)20-14(21)9-18-15(22)19-11-7-5-10(17)6-8-11/h1-8H,9H2,(H,20,21)(H2,18,19,22). The maximum absolute atomic E-state index is 12.8. The minimum atomic E-state index is -0.322. The lowest BCUT2D eigenvalue weighted by Crippen LogP contribution is -2.35. The number of hydrogen-bond donors (Lipinski definition) is 3. The van der Waals surface area contributed by atoms with Crippen molar-refractivity contribution in [2.75, 3.05) is 17.2 Å². The summed E-state index contributed by atoms with van der Waals surface area (Å²) in [5.74, 6) is -0.549. The predicted molar refractivity (Wildman–Crippen MR) is 93.4 cm³/mol. The number of amides is 1. The highest BCUT2D eigenvalue weighted by atomic mass is 79.9. The van der Waals surface area contributed by atoms with Crippen molar-refractivity contribution in [2.24, 2.45) is 0 Å². The van der Waals surface area contributed by atoms with E-state index in [9.17, 15) is 9.18 Å². The molecule has 0 saturated carbocycles. The molecule has 0 aliphatic rings. The molecule has 2 aromatic rings. The number of nitrogens with one attached hydrogen (secondary N) is 3. The summed E-state index contributed by atoms with van der Waals surface area (Å²) in [6.45, 7) is 0.0222. The Bertz CT molecular complexity index is 679. The van der Waals surface area contributed by atoms with Crippen LogP contribution in [-0.2, 0) is 4.79 Å². The first-order valence-corrected chi connectivity index (χ1v) is 7.59. The molecular formula is C15H13BrFN3OS. The molecule has 1 amide bonds. The van der Waals surface area contributed by atoms with E-state index in [1.54, 1.807) is 18.2 Å². The normalized spacial score (nSPS) is 9.91. The highest BCUT2D eigenvalue weighted by Gasteiger charge is 2.06. The van der Waals surface area contributed by atoms with E-state index in [0.29, 0.717) is 11.4 Å². The molecule has 0 aliphatic carbocycles. The van der Waals surface area contributed by atoms with Gasteiger partial charge in [-0.05, 0) is 64.5 Å². The zero-order chi connectivity index (χ0) is 15.9. The van der Waals surface area contributed by atoms with Crippen LogP contribution in [0.4, 0.5) is 15.8 Å². The SMILES string of the molecule is O=C(CNC(=S)Nc1ccc(F)cc1)Nc1ccccc1Br. The molecule has 0 unspecified atom stereocenters. The third kappa shape index (κ3) is 5.09. The second-order valence-corrected chi connectivity index (χ2v) is 5.61. The summed E-state index contributed by atoms with van der Waals surface area (Å²) < 4.78 is 13.6.